The van der Waals surface area contributed by atoms with Crippen LogP contribution in [0.4, 0.5) is 11.4 Å². The van der Waals surface area contributed by atoms with Gasteiger partial charge >= 0.3 is 0 Å². The maximum atomic E-state index is 13.4. The molecule has 0 saturated heterocycles. The van der Waals surface area contributed by atoms with E-state index in [0.717, 1.165) is 31.2 Å². The van der Waals surface area contributed by atoms with Crippen molar-refractivity contribution in [3.8, 4) is 11.5 Å². The fourth-order valence-electron chi connectivity index (χ4n) is 4.62. The van der Waals surface area contributed by atoms with E-state index >= 15 is 0 Å². The molecule has 1 saturated carbocycles. The Morgan fingerprint density at radius 3 is 2.54 bits per heavy atom. The zero-order valence-corrected chi connectivity index (χ0v) is 22.0. The minimum atomic E-state index is -1.78. The number of hydrogen-bond donors (Lipinski definition) is 2. The molecule has 9 nitrogen and oxygen atoms in total. The summed E-state index contributed by atoms with van der Waals surface area (Å²) in [5.41, 5.74) is 1.96. The maximum absolute atomic E-state index is 13.4. The first kappa shape index (κ1) is 26.7. The molecule has 1 aliphatic heterocycles. The average molecular weight is 528 g/mol. The maximum Gasteiger partial charge on any atom is 0.243 e. The number of aryl methyl sites for hydroxylation is 1. The van der Waals surface area contributed by atoms with E-state index in [4.69, 9.17) is 9.47 Å². The van der Waals surface area contributed by atoms with Crippen LogP contribution in [-0.2, 0) is 25.2 Å². The van der Waals surface area contributed by atoms with E-state index in [1.165, 1.54) is 11.3 Å². The van der Waals surface area contributed by atoms with Gasteiger partial charge in [-0.1, -0.05) is 31.4 Å². The summed E-state index contributed by atoms with van der Waals surface area (Å²) in [6.07, 6.45) is 5.18. The normalized spacial score (nSPS) is 16.5. The lowest BCUT2D eigenvalue weighted by Crippen LogP contribution is -2.52. The zero-order chi connectivity index (χ0) is 26.4. The van der Waals surface area contributed by atoms with Gasteiger partial charge in [-0.2, -0.15) is 0 Å². The number of amides is 3. The third-order valence-electron chi connectivity index (χ3n) is 6.50. The Labute approximate surface area is 219 Å². The summed E-state index contributed by atoms with van der Waals surface area (Å²) in [5.74, 6) is -0.851. The molecule has 2 aromatic carbocycles. The van der Waals surface area contributed by atoms with Crippen LogP contribution in [0.5, 0.6) is 11.5 Å². The molecule has 0 aromatic heterocycles. The van der Waals surface area contributed by atoms with E-state index < -0.39 is 28.7 Å². The molecule has 2 aromatic rings. The Morgan fingerprint density at radius 2 is 1.78 bits per heavy atom. The minimum Gasteiger partial charge on any atom is -0.454 e. The molecule has 198 valence electrons. The Hall–Kier alpha value is -3.40. The van der Waals surface area contributed by atoms with Crippen molar-refractivity contribution < 1.29 is 28.1 Å². The average Bonchev–Trinajstić information content (AvgIpc) is 3.32. The van der Waals surface area contributed by atoms with Gasteiger partial charge in [-0.3, -0.25) is 23.5 Å². The van der Waals surface area contributed by atoms with Crippen molar-refractivity contribution in [1.29, 1.82) is 0 Å². The van der Waals surface area contributed by atoms with Crippen molar-refractivity contribution in [2.45, 2.75) is 58.0 Å². The number of hydrogen-bond acceptors (Lipinski definition) is 6. The second-order valence-corrected chi connectivity index (χ2v) is 10.9. The molecule has 0 unspecified atom stereocenters. The van der Waals surface area contributed by atoms with Crippen LogP contribution in [0.15, 0.2) is 42.5 Å². The predicted molar refractivity (Wildman–Crippen MR) is 142 cm³/mol. The van der Waals surface area contributed by atoms with Crippen molar-refractivity contribution in [2.75, 3.05) is 28.5 Å². The number of fused-ring (bicyclic) bond motifs is 1. The van der Waals surface area contributed by atoms with Crippen LogP contribution in [-0.4, -0.2) is 52.3 Å². The highest BCUT2D eigenvalue weighted by Gasteiger charge is 2.30. The van der Waals surface area contributed by atoms with Crippen molar-refractivity contribution >= 4 is 39.9 Å². The fraction of sp³-hybridized carbons (Fsp3) is 0.444. The standard InChI is InChI=1S/C27H33N3O6S/c1-18-7-6-10-22(13-18)30(19(2)27(33)29-20-8-4-3-5-9-20)26(32)16-37(34)15-25(31)28-21-11-12-23-24(14-21)36-17-35-23/h6-7,10-14,19-20H,3-5,8-9,15-17H2,1-2H3,(H,28,31)(H,29,33)/t19-,37-/m0/s1. The minimum absolute atomic E-state index is 0.104. The number of carbonyl (C=O) groups excluding carboxylic acids is 3. The van der Waals surface area contributed by atoms with E-state index in [1.54, 1.807) is 31.2 Å². The number of anilines is 2. The molecule has 2 aliphatic rings. The third-order valence-corrected chi connectivity index (χ3v) is 7.65. The van der Waals surface area contributed by atoms with Crippen molar-refractivity contribution in [3.63, 3.8) is 0 Å². The van der Waals surface area contributed by atoms with Gasteiger partial charge in [-0.15, -0.1) is 0 Å². The highest BCUT2D eigenvalue weighted by molar-refractivity contribution is 7.86. The Kier molecular flexibility index (Phi) is 8.81. The number of rotatable bonds is 9. The molecule has 37 heavy (non-hydrogen) atoms. The van der Waals surface area contributed by atoms with Crippen LogP contribution in [0, 0.1) is 6.92 Å². The lowest BCUT2D eigenvalue weighted by molar-refractivity contribution is -0.126. The van der Waals surface area contributed by atoms with Crippen LogP contribution >= 0.6 is 0 Å². The molecular weight excluding hydrogens is 494 g/mol. The molecule has 2 N–H and O–H groups in total. The molecule has 1 heterocycles. The highest BCUT2D eigenvalue weighted by atomic mass is 32.2. The van der Waals surface area contributed by atoms with Gasteiger partial charge in [0.1, 0.15) is 17.5 Å². The first-order chi connectivity index (χ1) is 17.8. The topological polar surface area (TPSA) is 114 Å². The van der Waals surface area contributed by atoms with E-state index in [0.29, 0.717) is 22.9 Å². The molecule has 4 rings (SSSR count). The first-order valence-electron chi connectivity index (χ1n) is 12.5. The summed E-state index contributed by atoms with van der Waals surface area (Å²) in [6.45, 7) is 3.69. The lowest BCUT2D eigenvalue weighted by atomic mass is 9.95. The molecule has 0 spiro atoms. The van der Waals surface area contributed by atoms with Gasteiger partial charge < -0.3 is 20.1 Å². The molecule has 10 heteroatoms. The SMILES string of the molecule is Cc1cccc(N(C(=O)C[S@@](=O)CC(=O)Nc2ccc3c(c2)OCO3)[C@@H](C)C(=O)NC2CCCCC2)c1. The molecule has 0 bridgehead atoms. The van der Waals surface area contributed by atoms with Gasteiger partial charge in [0.15, 0.2) is 11.5 Å². The summed E-state index contributed by atoms with van der Waals surface area (Å²) >= 11 is 0. The Morgan fingerprint density at radius 1 is 1.03 bits per heavy atom. The van der Waals surface area contributed by atoms with E-state index in [-0.39, 0.29) is 30.2 Å². The summed E-state index contributed by atoms with van der Waals surface area (Å²) < 4.78 is 23.4. The van der Waals surface area contributed by atoms with Gasteiger partial charge in [-0.25, -0.2) is 0 Å². The summed E-state index contributed by atoms with van der Waals surface area (Å²) in [5, 5.41) is 5.75. The largest absolute Gasteiger partial charge is 0.454 e. The van der Waals surface area contributed by atoms with Gasteiger partial charge in [0.05, 0.1) is 0 Å². The van der Waals surface area contributed by atoms with Crippen molar-refractivity contribution in [2.24, 2.45) is 0 Å². The highest BCUT2D eigenvalue weighted by Crippen LogP contribution is 2.34. The summed E-state index contributed by atoms with van der Waals surface area (Å²) in [4.78, 5) is 40.3. The molecule has 1 aliphatic carbocycles. The quantitative estimate of drug-likeness (QED) is 0.517. The molecule has 3 amide bonds. The lowest BCUT2D eigenvalue weighted by Gasteiger charge is -2.31. The Bertz CT molecular complexity index is 1180. The second-order valence-electron chi connectivity index (χ2n) is 9.47. The van der Waals surface area contributed by atoms with Gasteiger partial charge in [0, 0.05) is 34.3 Å². The molecule has 0 radical (unpaired) electrons. The van der Waals surface area contributed by atoms with Crippen LogP contribution < -0.4 is 25.0 Å². The van der Waals surface area contributed by atoms with Crippen molar-refractivity contribution in [1.82, 2.24) is 5.32 Å². The van der Waals surface area contributed by atoms with Gasteiger partial charge in [0.25, 0.3) is 0 Å². The van der Waals surface area contributed by atoms with Crippen molar-refractivity contribution in [3.05, 3.63) is 48.0 Å². The monoisotopic (exact) mass is 527 g/mol. The number of carbonyl (C=O) groups is 3. The van der Waals surface area contributed by atoms with Crippen LogP contribution in [0.25, 0.3) is 0 Å². The summed E-state index contributed by atoms with van der Waals surface area (Å²) in [7, 11) is -1.78. The molecular formula is C27H33N3O6S. The van der Waals surface area contributed by atoms with Crippen LogP contribution in [0.3, 0.4) is 0 Å². The van der Waals surface area contributed by atoms with E-state index in [1.807, 2.05) is 25.1 Å². The number of nitrogens with one attached hydrogen (secondary N) is 2. The van der Waals surface area contributed by atoms with Crippen LogP contribution in [0.2, 0.25) is 0 Å². The Balaban J connectivity index is 1.40. The van der Waals surface area contributed by atoms with E-state index in [9.17, 15) is 18.6 Å². The smallest absolute Gasteiger partial charge is 0.243 e. The van der Waals surface area contributed by atoms with Gasteiger partial charge in [0.2, 0.25) is 24.5 Å². The van der Waals surface area contributed by atoms with E-state index in [2.05, 4.69) is 10.6 Å². The van der Waals surface area contributed by atoms with Gasteiger partial charge in [-0.05, 0) is 56.5 Å². The molecule has 2 atom stereocenters. The zero-order valence-electron chi connectivity index (χ0n) is 21.2. The first-order valence-corrected chi connectivity index (χ1v) is 14.0. The number of ether oxygens (including phenoxy) is 2. The fourth-order valence-corrected chi connectivity index (χ4v) is 5.50. The summed E-state index contributed by atoms with van der Waals surface area (Å²) in [6, 6.07) is 11.6. The molecule has 1 fully saturated rings. The second kappa shape index (κ2) is 12.2. The number of nitrogens with zero attached hydrogens (tertiary/aromatic N) is 1. The number of benzene rings is 2. The van der Waals surface area contributed by atoms with Crippen LogP contribution in [0.1, 0.15) is 44.6 Å². The predicted octanol–water partition coefficient (Wildman–Crippen LogP) is 3.28. The third kappa shape index (κ3) is 7.09.